The molecule has 3 amide bonds. The number of carbonyl (C=O) groups is 2. The van der Waals surface area contributed by atoms with Crippen molar-refractivity contribution in [1.29, 1.82) is 0 Å². The Morgan fingerprint density at radius 1 is 1.05 bits per heavy atom. The van der Waals surface area contributed by atoms with Crippen LogP contribution in [0, 0.1) is 17.8 Å². The number of likely N-dealkylation sites (tertiary alicyclic amines) is 1. The predicted molar refractivity (Wildman–Crippen MR) is 83.9 cm³/mol. The van der Waals surface area contributed by atoms with E-state index in [1.165, 1.54) is 19.3 Å². The zero-order valence-electron chi connectivity index (χ0n) is 13.2. The van der Waals surface area contributed by atoms with Crippen molar-refractivity contribution in [2.75, 3.05) is 13.1 Å². The number of nitrogens with two attached hydrogens (primary N) is 2. The van der Waals surface area contributed by atoms with E-state index in [1.54, 1.807) is 4.90 Å². The Balaban J connectivity index is 1.60. The Hall–Kier alpha value is -1.30. The molecule has 2 bridgehead atoms. The third-order valence-electron chi connectivity index (χ3n) is 5.79. The maximum absolute atomic E-state index is 12.6. The third-order valence-corrected chi connectivity index (χ3v) is 5.79. The molecular formula is C16H28N4O2. The minimum atomic E-state index is -0.419. The Bertz CT molecular complexity index is 428. The number of primary amides is 1. The molecule has 3 rings (SSSR count). The molecule has 6 nitrogen and oxygen atoms in total. The Morgan fingerprint density at radius 2 is 1.73 bits per heavy atom. The summed E-state index contributed by atoms with van der Waals surface area (Å²) in [7, 11) is 0. The molecule has 3 atom stereocenters. The Kier molecular flexibility index (Phi) is 4.57. The van der Waals surface area contributed by atoms with Gasteiger partial charge in [0.15, 0.2) is 0 Å². The summed E-state index contributed by atoms with van der Waals surface area (Å²) in [4.78, 5) is 25.5. The summed E-state index contributed by atoms with van der Waals surface area (Å²) in [6.45, 7) is 1.13. The molecule has 0 aromatic heterocycles. The highest BCUT2D eigenvalue weighted by Gasteiger charge is 2.41. The molecule has 124 valence electrons. The molecule has 6 heteroatoms. The molecule has 0 radical (unpaired) electrons. The Labute approximate surface area is 132 Å². The number of rotatable bonds is 2. The fourth-order valence-electron chi connectivity index (χ4n) is 4.70. The maximum atomic E-state index is 12.6. The lowest BCUT2D eigenvalue weighted by Gasteiger charge is -2.45. The lowest BCUT2D eigenvalue weighted by Crippen LogP contribution is -2.56. The van der Waals surface area contributed by atoms with E-state index in [4.69, 9.17) is 11.5 Å². The zero-order valence-corrected chi connectivity index (χ0v) is 13.2. The van der Waals surface area contributed by atoms with E-state index >= 15 is 0 Å². The van der Waals surface area contributed by atoms with Crippen LogP contribution in [-0.4, -0.2) is 42.0 Å². The Morgan fingerprint density at radius 3 is 2.36 bits per heavy atom. The standard InChI is InChI=1S/C16H28N4O2/c17-13-7-10-3-1-4-11(8-13)14(10)19-15(21)12-5-2-6-20(9-12)16(18)22/h10-14H,1-9,17H2,(H2,18,22)(H,19,21). The van der Waals surface area contributed by atoms with Gasteiger partial charge in [-0.25, -0.2) is 4.79 Å². The van der Waals surface area contributed by atoms with Gasteiger partial charge >= 0.3 is 6.03 Å². The number of hydrogen-bond acceptors (Lipinski definition) is 3. The second kappa shape index (κ2) is 6.44. The van der Waals surface area contributed by atoms with Gasteiger partial charge in [-0.15, -0.1) is 0 Å². The molecule has 22 heavy (non-hydrogen) atoms. The molecular weight excluding hydrogens is 280 g/mol. The number of piperidine rings is 1. The van der Waals surface area contributed by atoms with Crippen LogP contribution in [0.3, 0.4) is 0 Å². The largest absolute Gasteiger partial charge is 0.353 e. The molecule has 1 saturated heterocycles. The van der Waals surface area contributed by atoms with Crippen molar-refractivity contribution in [2.45, 2.75) is 57.0 Å². The predicted octanol–water partition coefficient (Wildman–Crippen LogP) is 0.799. The van der Waals surface area contributed by atoms with Gasteiger partial charge in [0.2, 0.25) is 5.91 Å². The smallest absolute Gasteiger partial charge is 0.314 e. The van der Waals surface area contributed by atoms with Gasteiger partial charge in [-0.1, -0.05) is 6.42 Å². The molecule has 3 fully saturated rings. The van der Waals surface area contributed by atoms with E-state index in [1.807, 2.05) is 0 Å². The van der Waals surface area contributed by atoms with Crippen LogP contribution in [0.4, 0.5) is 4.79 Å². The molecule has 2 aliphatic carbocycles. The number of carbonyl (C=O) groups excluding carboxylic acids is 2. The van der Waals surface area contributed by atoms with E-state index in [2.05, 4.69) is 5.32 Å². The van der Waals surface area contributed by atoms with Gasteiger partial charge in [0, 0.05) is 25.2 Å². The van der Waals surface area contributed by atoms with Gasteiger partial charge in [-0.3, -0.25) is 4.79 Å². The van der Waals surface area contributed by atoms with Crippen molar-refractivity contribution < 1.29 is 9.59 Å². The van der Waals surface area contributed by atoms with E-state index in [0.29, 0.717) is 31.0 Å². The van der Waals surface area contributed by atoms with Crippen molar-refractivity contribution in [2.24, 2.45) is 29.2 Å². The first-order valence-electron chi connectivity index (χ1n) is 8.65. The van der Waals surface area contributed by atoms with Crippen LogP contribution in [0.1, 0.15) is 44.9 Å². The molecule has 3 unspecified atom stereocenters. The number of amides is 3. The number of urea groups is 1. The van der Waals surface area contributed by atoms with E-state index in [0.717, 1.165) is 25.7 Å². The summed E-state index contributed by atoms with van der Waals surface area (Å²) in [5, 5.41) is 3.30. The molecule has 3 aliphatic rings. The first kappa shape index (κ1) is 15.6. The van der Waals surface area contributed by atoms with Crippen molar-refractivity contribution in [1.82, 2.24) is 10.2 Å². The lowest BCUT2D eigenvalue weighted by molar-refractivity contribution is -0.128. The highest BCUT2D eigenvalue weighted by atomic mass is 16.2. The van der Waals surface area contributed by atoms with Crippen LogP contribution >= 0.6 is 0 Å². The number of nitrogens with zero attached hydrogens (tertiary/aromatic N) is 1. The van der Waals surface area contributed by atoms with Crippen LogP contribution in [0.25, 0.3) is 0 Å². The van der Waals surface area contributed by atoms with Crippen LogP contribution in [0.2, 0.25) is 0 Å². The van der Waals surface area contributed by atoms with Crippen molar-refractivity contribution in [3.05, 3.63) is 0 Å². The van der Waals surface area contributed by atoms with Gasteiger partial charge in [0.1, 0.15) is 0 Å². The highest BCUT2D eigenvalue weighted by Crippen LogP contribution is 2.39. The van der Waals surface area contributed by atoms with Crippen LogP contribution in [0.5, 0.6) is 0 Å². The topological polar surface area (TPSA) is 101 Å². The van der Waals surface area contributed by atoms with Gasteiger partial charge in [-0.05, 0) is 50.4 Å². The van der Waals surface area contributed by atoms with E-state index < -0.39 is 6.03 Å². The average molecular weight is 308 g/mol. The second-order valence-electron chi connectivity index (χ2n) is 7.34. The van der Waals surface area contributed by atoms with Crippen molar-refractivity contribution >= 4 is 11.9 Å². The third kappa shape index (κ3) is 3.21. The monoisotopic (exact) mass is 308 g/mol. The zero-order chi connectivity index (χ0) is 15.7. The fourth-order valence-corrected chi connectivity index (χ4v) is 4.70. The van der Waals surface area contributed by atoms with E-state index in [-0.39, 0.29) is 17.9 Å². The quantitative estimate of drug-likeness (QED) is 0.703. The fraction of sp³-hybridized carbons (Fsp3) is 0.875. The normalized spacial score (nSPS) is 38.4. The number of fused-ring (bicyclic) bond motifs is 2. The molecule has 0 aromatic rings. The van der Waals surface area contributed by atoms with Crippen molar-refractivity contribution in [3.63, 3.8) is 0 Å². The minimum absolute atomic E-state index is 0.100. The average Bonchev–Trinajstić information content (AvgIpc) is 2.48. The van der Waals surface area contributed by atoms with E-state index in [9.17, 15) is 9.59 Å². The highest BCUT2D eigenvalue weighted by molar-refractivity contribution is 5.80. The second-order valence-corrected chi connectivity index (χ2v) is 7.34. The van der Waals surface area contributed by atoms with Gasteiger partial charge in [-0.2, -0.15) is 0 Å². The van der Waals surface area contributed by atoms with Crippen LogP contribution < -0.4 is 16.8 Å². The minimum Gasteiger partial charge on any atom is -0.353 e. The van der Waals surface area contributed by atoms with Gasteiger partial charge in [0.25, 0.3) is 0 Å². The SMILES string of the molecule is NC(=O)N1CCCC(C(=O)NC2C3CCCC2CC(N)C3)C1. The summed E-state index contributed by atoms with van der Waals surface area (Å²) >= 11 is 0. The van der Waals surface area contributed by atoms with Crippen LogP contribution in [-0.2, 0) is 4.79 Å². The molecule has 2 saturated carbocycles. The summed E-state index contributed by atoms with van der Waals surface area (Å²) in [6.07, 6.45) is 7.35. The molecule has 1 heterocycles. The summed E-state index contributed by atoms with van der Waals surface area (Å²) < 4.78 is 0. The van der Waals surface area contributed by atoms with Crippen LogP contribution in [0.15, 0.2) is 0 Å². The van der Waals surface area contributed by atoms with Gasteiger partial charge in [0.05, 0.1) is 5.92 Å². The molecule has 0 spiro atoms. The summed E-state index contributed by atoms with van der Waals surface area (Å²) in [6, 6.07) is 0.159. The van der Waals surface area contributed by atoms with Crippen molar-refractivity contribution in [3.8, 4) is 0 Å². The molecule has 5 N–H and O–H groups in total. The summed E-state index contributed by atoms with van der Waals surface area (Å²) in [5.41, 5.74) is 11.5. The molecule has 1 aliphatic heterocycles. The summed E-state index contributed by atoms with van der Waals surface area (Å²) in [5.74, 6) is 1.05. The number of hydrogen-bond donors (Lipinski definition) is 3. The number of nitrogens with one attached hydrogen (secondary N) is 1. The molecule has 0 aromatic carbocycles. The first-order valence-corrected chi connectivity index (χ1v) is 8.65. The lowest BCUT2D eigenvalue weighted by atomic mass is 9.67. The first-order chi connectivity index (χ1) is 10.5. The van der Waals surface area contributed by atoms with Gasteiger partial charge < -0.3 is 21.7 Å². The maximum Gasteiger partial charge on any atom is 0.314 e.